The van der Waals surface area contributed by atoms with E-state index in [0.29, 0.717) is 37.8 Å². The monoisotopic (exact) mass is 507 g/mol. The number of hydrogen-bond donors (Lipinski definition) is 3. The molecule has 10 nitrogen and oxygen atoms in total. The van der Waals surface area contributed by atoms with Crippen LogP contribution in [0.15, 0.2) is 28.7 Å². The van der Waals surface area contributed by atoms with Crippen LogP contribution in [0.4, 0.5) is 34.1 Å². The predicted octanol–water partition coefficient (Wildman–Crippen LogP) is 5.30. The smallest absolute Gasteiger partial charge is 0.487 e. The Hall–Kier alpha value is -4.36. The zero-order valence-corrected chi connectivity index (χ0v) is 18.2. The van der Waals surface area contributed by atoms with Crippen LogP contribution < -0.4 is 10.1 Å². The molecule has 3 N–H and O–H groups in total. The van der Waals surface area contributed by atoms with E-state index in [4.69, 9.17) is 19.0 Å². The van der Waals surface area contributed by atoms with Gasteiger partial charge in [0.25, 0.3) is 5.89 Å². The Labute approximate surface area is 199 Å². The highest BCUT2D eigenvalue weighted by molar-refractivity contribution is 5.80. The van der Waals surface area contributed by atoms with Gasteiger partial charge in [-0.2, -0.15) is 0 Å². The van der Waals surface area contributed by atoms with E-state index in [9.17, 15) is 18.0 Å². The van der Waals surface area contributed by atoms with Gasteiger partial charge in [-0.3, -0.25) is 0 Å². The van der Waals surface area contributed by atoms with Gasteiger partial charge in [-0.15, -0.1) is 5.10 Å². The molecule has 5 rings (SSSR count). The van der Waals surface area contributed by atoms with Crippen molar-refractivity contribution in [2.45, 2.75) is 37.9 Å². The van der Waals surface area contributed by atoms with Gasteiger partial charge in [0.1, 0.15) is 17.4 Å². The number of anilines is 2. The molecule has 2 heterocycles. The summed E-state index contributed by atoms with van der Waals surface area (Å²) < 4.78 is 71.4. The zero-order chi connectivity index (χ0) is 25.4. The number of nitrogens with zero attached hydrogens (tertiary/aromatic N) is 3. The lowest BCUT2D eigenvalue weighted by Gasteiger charge is -2.28. The van der Waals surface area contributed by atoms with Gasteiger partial charge >= 0.3 is 12.2 Å². The van der Waals surface area contributed by atoms with Gasteiger partial charge in [-0.25, -0.2) is 27.3 Å². The Morgan fingerprint density at radius 2 is 1.75 bits per heavy atom. The molecule has 1 aliphatic rings. The summed E-state index contributed by atoms with van der Waals surface area (Å²) in [6, 6.07) is 3.58. The van der Waals surface area contributed by atoms with Crippen LogP contribution in [0.3, 0.4) is 0 Å². The molecule has 14 heteroatoms. The number of ether oxygens (including phenoxy) is 2. The van der Waals surface area contributed by atoms with Gasteiger partial charge in [-0.05, 0) is 37.8 Å². The second kappa shape index (κ2) is 9.36. The van der Waals surface area contributed by atoms with E-state index in [2.05, 4.69) is 25.5 Å². The lowest BCUT2D eigenvalue weighted by molar-refractivity contribution is 0.0147. The van der Waals surface area contributed by atoms with E-state index in [0.717, 1.165) is 0 Å². The maximum absolute atomic E-state index is 15.1. The number of carbonyl (C=O) groups is 1. The van der Waals surface area contributed by atoms with Gasteiger partial charge in [0.2, 0.25) is 0 Å². The van der Waals surface area contributed by atoms with Crippen molar-refractivity contribution in [3.63, 3.8) is 0 Å². The number of H-pyrrole nitrogens is 1. The first-order valence-corrected chi connectivity index (χ1v) is 10.8. The van der Waals surface area contributed by atoms with Crippen molar-refractivity contribution >= 4 is 28.9 Å². The number of benzene rings is 2. The first-order chi connectivity index (χ1) is 17.3. The van der Waals surface area contributed by atoms with Crippen LogP contribution in [0.2, 0.25) is 0 Å². The number of fused-ring (bicyclic) bond motifs is 1. The van der Waals surface area contributed by atoms with Crippen LogP contribution in [0, 0.1) is 23.3 Å². The number of aromatic amines is 1. The third kappa shape index (κ3) is 4.74. The van der Waals surface area contributed by atoms with Gasteiger partial charge in [0, 0.05) is 12.1 Å². The molecule has 1 fully saturated rings. The van der Waals surface area contributed by atoms with E-state index in [1.54, 1.807) is 0 Å². The molecule has 0 radical (unpaired) electrons. The van der Waals surface area contributed by atoms with Crippen molar-refractivity contribution in [2.75, 3.05) is 5.32 Å². The Morgan fingerprint density at radius 3 is 2.50 bits per heavy atom. The second-order valence-corrected chi connectivity index (χ2v) is 8.04. The summed E-state index contributed by atoms with van der Waals surface area (Å²) in [5, 5.41) is 18.5. The topological polar surface area (TPSA) is 135 Å². The summed E-state index contributed by atoms with van der Waals surface area (Å²) in [4.78, 5) is 17.6. The lowest BCUT2D eigenvalue weighted by Crippen LogP contribution is -2.29. The van der Waals surface area contributed by atoms with Crippen molar-refractivity contribution in [1.29, 1.82) is 0 Å². The molecule has 1 saturated carbocycles. The number of halogens is 4. The van der Waals surface area contributed by atoms with Crippen molar-refractivity contribution in [3.8, 4) is 17.5 Å². The largest absolute Gasteiger partial charge is 0.506 e. The summed E-state index contributed by atoms with van der Waals surface area (Å²) >= 11 is 0. The number of rotatable bonds is 6. The number of nitrogens with one attached hydrogen (secondary N) is 2. The summed E-state index contributed by atoms with van der Waals surface area (Å²) in [6.45, 7) is 0. The Bertz CT molecular complexity index is 1430. The molecule has 2 aromatic carbocycles. The van der Waals surface area contributed by atoms with Gasteiger partial charge < -0.3 is 29.3 Å². The maximum Gasteiger partial charge on any atom is 0.506 e. The van der Waals surface area contributed by atoms with Crippen LogP contribution in [0.1, 0.15) is 25.7 Å². The number of imidazole rings is 1. The van der Waals surface area contributed by atoms with E-state index in [-0.39, 0.29) is 40.6 Å². The molecule has 0 aliphatic heterocycles. The fourth-order valence-corrected chi connectivity index (χ4v) is 3.91. The number of carboxylic acid groups (broad SMARTS) is 1. The molecular formula is C22H17F4N5O5. The van der Waals surface area contributed by atoms with E-state index in [1.165, 1.54) is 12.1 Å². The minimum atomic E-state index is -1.35. The first-order valence-electron chi connectivity index (χ1n) is 10.8. The molecule has 0 bridgehead atoms. The van der Waals surface area contributed by atoms with Crippen LogP contribution in [-0.2, 0) is 4.74 Å². The maximum atomic E-state index is 15.1. The van der Waals surface area contributed by atoms with Gasteiger partial charge in [0.15, 0.2) is 29.0 Å². The highest BCUT2D eigenvalue weighted by Crippen LogP contribution is 2.32. The van der Waals surface area contributed by atoms with Gasteiger partial charge in [0.05, 0.1) is 17.3 Å². The van der Waals surface area contributed by atoms with Crippen molar-refractivity contribution in [3.05, 3.63) is 47.5 Å². The summed E-state index contributed by atoms with van der Waals surface area (Å²) in [5.41, 5.74) is -0.164. The second-order valence-electron chi connectivity index (χ2n) is 8.04. The van der Waals surface area contributed by atoms with Gasteiger partial charge in [-0.1, -0.05) is 5.10 Å². The number of hydrogen-bond acceptors (Lipinski definition) is 8. The van der Waals surface area contributed by atoms with Crippen LogP contribution in [0.25, 0.3) is 22.7 Å². The molecule has 0 saturated heterocycles. The predicted molar refractivity (Wildman–Crippen MR) is 115 cm³/mol. The average Bonchev–Trinajstić information content (AvgIpc) is 3.48. The molecule has 188 valence electrons. The van der Waals surface area contributed by atoms with E-state index >= 15 is 4.39 Å². The fourth-order valence-electron chi connectivity index (χ4n) is 3.91. The lowest BCUT2D eigenvalue weighted by atomic mass is 9.95. The molecule has 0 spiro atoms. The van der Waals surface area contributed by atoms with Crippen LogP contribution >= 0.6 is 0 Å². The molecular weight excluding hydrogens is 490 g/mol. The average molecular weight is 507 g/mol. The SMILES string of the molecule is O=C(O)O[C@H]1CC[C@@H](Oc2ccc3nc(-c4nnc(Nc5cc(F)c(F)cc5F)o4)[nH]c3c2F)CC1. The molecule has 1 aliphatic carbocycles. The third-order valence-corrected chi connectivity index (χ3v) is 5.62. The Morgan fingerprint density at radius 1 is 1.03 bits per heavy atom. The highest BCUT2D eigenvalue weighted by atomic mass is 19.2. The summed E-state index contributed by atoms with van der Waals surface area (Å²) in [5.74, 6) is -4.56. The minimum Gasteiger partial charge on any atom is -0.487 e. The van der Waals surface area contributed by atoms with Crippen molar-refractivity contribution in [1.82, 2.24) is 20.2 Å². The standard InChI is InChI=1S/C22H17F4N5O5/c23-11-7-13(25)15(8-12(11)24)28-21-31-30-20(36-21)19-27-14-5-6-16(17(26)18(14)29-19)34-9-1-3-10(4-2-9)35-22(32)33/h5-10H,1-4H2,(H,27,29)(H,28,31)(H,32,33)/t9-,10+. The van der Waals surface area contributed by atoms with Crippen LogP contribution in [-0.4, -0.2) is 43.6 Å². The molecule has 4 aromatic rings. The Balaban J connectivity index is 1.30. The number of aromatic nitrogens is 4. The molecule has 2 aromatic heterocycles. The summed E-state index contributed by atoms with van der Waals surface area (Å²) in [7, 11) is 0. The molecule has 0 amide bonds. The third-order valence-electron chi connectivity index (χ3n) is 5.62. The Kier molecular flexibility index (Phi) is 6.08. The highest BCUT2D eigenvalue weighted by Gasteiger charge is 2.26. The molecule has 0 unspecified atom stereocenters. The van der Waals surface area contributed by atoms with Crippen molar-refractivity contribution in [2.24, 2.45) is 0 Å². The van der Waals surface area contributed by atoms with E-state index < -0.39 is 41.2 Å². The zero-order valence-electron chi connectivity index (χ0n) is 18.2. The summed E-state index contributed by atoms with van der Waals surface area (Å²) in [6.07, 6.45) is -0.105. The van der Waals surface area contributed by atoms with Crippen molar-refractivity contribution < 1.29 is 41.4 Å². The fraction of sp³-hybridized carbons (Fsp3) is 0.273. The molecule has 0 atom stereocenters. The molecule has 36 heavy (non-hydrogen) atoms. The minimum absolute atomic E-state index is 0.0120. The first kappa shape index (κ1) is 23.4. The normalized spacial score (nSPS) is 17.8. The van der Waals surface area contributed by atoms with E-state index in [1.807, 2.05) is 0 Å². The quantitative estimate of drug-likeness (QED) is 0.181. The van der Waals surface area contributed by atoms with Crippen LogP contribution in [0.5, 0.6) is 5.75 Å².